The zero-order valence-corrected chi connectivity index (χ0v) is 15.1. The number of carbonyl (C=O) groups excluding carboxylic acids is 2. The van der Waals surface area contributed by atoms with Crippen LogP contribution >= 0.6 is 15.9 Å². The monoisotopic (exact) mass is 398 g/mol. The number of hydrogen-bond acceptors (Lipinski definition) is 4. The minimum absolute atomic E-state index is 0.267. The Morgan fingerprint density at radius 3 is 2.64 bits per heavy atom. The number of esters is 1. The van der Waals surface area contributed by atoms with Crippen LogP contribution in [0.1, 0.15) is 27.6 Å². The van der Waals surface area contributed by atoms with Crippen LogP contribution < -0.4 is 9.47 Å². The second-order valence-corrected chi connectivity index (χ2v) is 6.14. The highest BCUT2D eigenvalue weighted by molar-refractivity contribution is 9.10. The summed E-state index contributed by atoms with van der Waals surface area (Å²) in [5, 5.41) is 1.61. The molecule has 0 aliphatic heterocycles. The molecule has 0 atom stereocenters. The normalized spacial score (nSPS) is 10.5. The molecule has 5 heteroatoms. The van der Waals surface area contributed by atoms with Gasteiger partial charge >= 0.3 is 5.97 Å². The van der Waals surface area contributed by atoms with Gasteiger partial charge in [0.25, 0.3) is 0 Å². The average molecular weight is 399 g/mol. The molecule has 0 radical (unpaired) electrons. The van der Waals surface area contributed by atoms with Gasteiger partial charge in [0.05, 0.1) is 22.2 Å². The Balaban J connectivity index is 1.97. The van der Waals surface area contributed by atoms with Crippen LogP contribution in [0.4, 0.5) is 0 Å². The third-order valence-corrected chi connectivity index (χ3v) is 4.32. The van der Waals surface area contributed by atoms with E-state index in [-0.39, 0.29) is 5.75 Å². The number of rotatable bonds is 5. The molecule has 0 saturated carbocycles. The van der Waals surface area contributed by atoms with Crippen LogP contribution in [0.15, 0.2) is 59.1 Å². The van der Waals surface area contributed by atoms with Crippen molar-refractivity contribution in [2.24, 2.45) is 0 Å². The molecule has 0 bridgehead atoms. The molecule has 0 amide bonds. The molecule has 0 aliphatic rings. The molecule has 0 aliphatic carbocycles. The van der Waals surface area contributed by atoms with Gasteiger partial charge in [0.1, 0.15) is 11.5 Å². The van der Waals surface area contributed by atoms with Crippen molar-refractivity contribution in [2.75, 3.05) is 6.61 Å². The van der Waals surface area contributed by atoms with E-state index >= 15 is 0 Å². The average Bonchev–Trinajstić information content (AvgIpc) is 2.63. The van der Waals surface area contributed by atoms with Gasteiger partial charge in [0.15, 0.2) is 6.29 Å². The number of carbonyl (C=O) groups is 2. The van der Waals surface area contributed by atoms with E-state index in [1.807, 2.05) is 37.3 Å². The molecule has 0 unspecified atom stereocenters. The van der Waals surface area contributed by atoms with Crippen molar-refractivity contribution in [3.8, 4) is 11.5 Å². The number of hydrogen-bond donors (Lipinski definition) is 0. The summed E-state index contributed by atoms with van der Waals surface area (Å²) in [5.41, 5.74) is 0.692. The van der Waals surface area contributed by atoms with Crippen molar-refractivity contribution < 1.29 is 19.1 Å². The number of fused-ring (bicyclic) bond motifs is 1. The Labute approximate surface area is 153 Å². The quantitative estimate of drug-likeness (QED) is 0.343. The lowest BCUT2D eigenvalue weighted by Crippen LogP contribution is -2.10. The first-order chi connectivity index (χ1) is 12.1. The molecule has 3 rings (SSSR count). The van der Waals surface area contributed by atoms with Gasteiger partial charge < -0.3 is 9.47 Å². The van der Waals surface area contributed by atoms with Crippen LogP contribution in [0.2, 0.25) is 0 Å². The molecule has 25 heavy (non-hydrogen) atoms. The molecule has 0 saturated heterocycles. The van der Waals surface area contributed by atoms with E-state index in [0.717, 1.165) is 5.39 Å². The van der Waals surface area contributed by atoms with Gasteiger partial charge in [-0.05, 0) is 52.5 Å². The van der Waals surface area contributed by atoms with Crippen LogP contribution in [-0.2, 0) is 0 Å². The van der Waals surface area contributed by atoms with Crippen molar-refractivity contribution in [1.82, 2.24) is 0 Å². The van der Waals surface area contributed by atoms with E-state index in [1.54, 1.807) is 24.3 Å². The van der Waals surface area contributed by atoms with E-state index in [0.29, 0.717) is 39.6 Å². The van der Waals surface area contributed by atoms with E-state index in [1.165, 1.54) is 0 Å². The molecule has 0 spiro atoms. The molecule has 0 fully saturated rings. The van der Waals surface area contributed by atoms with Gasteiger partial charge in [-0.25, -0.2) is 4.79 Å². The molecule has 3 aromatic carbocycles. The molecule has 4 nitrogen and oxygen atoms in total. The van der Waals surface area contributed by atoms with E-state index in [9.17, 15) is 9.59 Å². The van der Waals surface area contributed by atoms with E-state index in [2.05, 4.69) is 15.9 Å². The molecular formula is C20H15BrO4. The molecule has 126 valence electrons. The first kappa shape index (κ1) is 17.2. The third kappa shape index (κ3) is 3.56. The number of halogens is 1. The maximum absolute atomic E-state index is 12.5. The number of ether oxygens (including phenoxy) is 2. The Morgan fingerprint density at radius 1 is 1.12 bits per heavy atom. The Hall–Kier alpha value is -2.66. The third-order valence-electron chi connectivity index (χ3n) is 3.70. The maximum Gasteiger partial charge on any atom is 0.343 e. The van der Waals surface area contributed by atoms with Crippen LogP contribution in [0.3, 0.4) is 0 Å². The summed E-state index contributed by atoms with van der Waals surface area (Å²) in [4.78, 5) is 23.9. The van der Waals surface area contributed by atoms with E-state index in [4.69, 9.17) is 9.47 Å². The predicted octanol–water partition coefficient (Wildman–Crippen LogP) is 5.03. The molecule has 0 N–H and O–H groups in total. The van der Waals surface area contributed by atoms with Crippen LogP contribution in [-0.4, -0.2) is 18.9 Å². The zero-order chi connectivity index (χ0) is 17.8. The Morgan fingerprint density at radius 2 is 1.92 bits per heavy atom. The minimum atomic E-state index is -0.539. The summed E-state index contributed by atoms with van der Waals surface area (Å²) in [6, 6.07) is 15.9. The fourth-order valence-electron chi connectivity index (χ4n) is 2.52. The van der Waals surface area contributed by atoms with Crippen molar-refractivity contribution in [2.45, 2.75) is 6.92 Å². The second kappa shape index (κ2) is 7.49. The van der Waals surface area contributed by atoms with Crippen molar-refractivity contribution in [3.63, 3.8) is 0 Å². The highest BCUT2D eigenvalue weighted by atomic mass is 79.9. The van der Waals surface area contributed by atoms with Gasteiger partial charge in [-0.15, -0.1) is 0 Å². The zero-order valence-electron chi connectivity index (χ0n) is 13.5. The molecule has 0 aromatic heterocycles. The second-order valence-electron chi connectivity index (χ2n) is 5.29. The summed E-state index contributed by atoms with van der Waals surface area (Å²) >= 11 is 3.38. The standard InChI is InChI=1S/C20H15BrO4/c1-2-24-18-10-9-14(11-17(18)21)20(23)25-19-15(12-22)8-7-13-5-3-4-6-16(13)19/h3-12H,2H2,1H3. The van der Waals surface area contributed by atoms with Crippen molar-refractivity contribution >= 4 is 39.0 Å². The van der Waals surface area contributed by atoms with Gasteiger partial charge in [-0.1, -0.05) is 30.3 Å². The number of benzene rings is 3. The lowest BCUT2D eigenvalue weighted by Gasteiger charge is -2.11. The summed E-state index contributed by atoms with van der Waals surface area (Å²) in [6.07, 6.45) is 0.684. The smallest absolute Gasteiger partial charge is 0.343 e. The fraction of sp³-hybridized carbons (Fsp3) is 0.100. The Kier molecular flexibility index (Phi) is 5.14. The topological polar surface area (TPSA) is 52.6 Å². The van der Waals surface area contributed by atoms with Crippen LogP contribution in [0, 0.1) is 0 Å². The van der Waals surface area contributed by atoms with Gasteiger partial charge in [0, 0.05) is 5.39 Å². The largest absolute Gasteiger partial charge is 0.493 e. The van der Waals surface area contributed by atoms with Gasteiger partial charge in [-0.3, -0.25) is 4.79 Å². The SMILES string of the molecule is CCOc1ccc(C(=O)Oc2c(C=O)ccc3ccccc23)cc1Br. The van der Waals surface area contributed by atoms with Gasteiger partial charge in [-0.2, -0.15) is 0 Å². The number of aldehydes is 1. The lowest BCUT2D eigenvalue weighted by molar-refractivity contribution is 0.0736. The molecular weight excluding hydrogens is 384 g/mol. The Bertz CT molecular complexity index is 950. The van der Waals surface area contributed by atoms with Crippen LogP contribution in [0.25, 0.3) is 10.8 Å². The summed E-state index contributed by atoms with van der Waals surface area (Å²) in [7, 11) is 0. The minimum Gasteiger partial charge on any atom is -0.493 e. The van der Waals surface area contributed by atoms with Crippen LogP contribution in [0.5, 0.6) is 11.5 Å². The highest BCUT2D eigenvalue weighted by Crippen LogP contribution is 2.31. The lowest BCUT2D eigenvalue weighted by atomic mass is 10.1. The summed E-state index contributed by atoms with van der Waals surface area (Å²) in [5.74, 6) is 0.379. The van der Waals surface area contributed by atoms with Crippen molar-refractivity contribution in [3.05, 3.63) is 70.2 Å². The van der Waals surface area contributed by atoms with Gasteiger partial charge in [0.2, 0.25) is 0 Å². The summed E-state index contributed by atoms with van der Waals surface area (Å²) < 4.78 is 11.7. The predicted molar refractivity (Wildman–Crippen MR) is 99.6 cm³/mol. The highest BCUT2D eigenvalue weighted by Gasteiger charge is 2.16. The molecule has 0 heterocycles. The van der Waals surface area contributed by atoms with E-state index < -0.39 is 5.97 Å². The first-order valence-electron chi connectivity index (χ1n) is 7.75. The van der Waals surface area contributed by atoms with Crippen molar-refractivity contribution in [1.29, 1.82) is 0 Å². The maximum atomic E-state index is 12.5. The first-order valence-corrected chi connectivity index (χ1v) is 8.54. The fourth-order valence-corrected chi connectivity index (χ4v) is 3.01. The molecule has 3 aromatic rings. The summed E-state index contributed by atoms with van der Waals surface area (Å²) in [6.45, 7) is 2.41.